The number of phenolic OH excluding ortho intramolecular Hbond substituents is 1. The van der Waals surface area contributed by atoms with Crippen LogP contribution in [0, 0.1) is 0 Å². The van der Waals surface area contributed by atoms with Crippen molar-refractivity contribution in [3.63, 3.8) is 0 Å². The lowest BCUT2D eigenvalue weighted by molar-refractivity contribution is 0.475. The van der Waals surface area contributed by atoms with Gasteiger partial charge in [-0.3, -0.25) is 4.79 Å². The van der Waals surface area contributed by atoms with Gasteiger partial charge in [0.05, 0.1) is 5.56 Å². The molecule has 0 bridgehead atoms. The minimum Gasteiger partial charge on any atom is -0.508 e. The first-order chi connectivity index (χ1) is 11.1. The van der Waals surface area contributed by atoms with E-state index in [2.05, 4.69) is 6.58 Å². The monoisotopic (exact) mass is 304 g/mol. The Bertz CT molecular complexity index is 878. The van der Waals surface area contributed by atoms with Crippen molar-refractivity contribution in [3.8, 4) is 16.9 Å². The van der Waals surface area contributed by atoms with Crippen LogP contribution in [0.3, 0.4) is 0 Å². The number of phenols is 1. The number of aromatic hydroxyl groups is 1. The maximum atomic E-state index is 12.8. The second-order valence-electron chi connectivity index (χ2n) is 5.27. The molecule has 1 aliphatic carbocycles. The Kier molecular flexibility index (Phi) is 4.11. The van der Waals surface area contributed by atoms with E-state index in [1.54, 1.807) is 30.3 Å². The molecule has 3 heteroatoms. The van der Waals surface area contributed by atoms with Gasteiger partial charge in [-0.15, -0.1) is 0 Å². The number of hydrogen-bond acceptors (Lipinski definition) is 3. The summed E-state index contributed by atoms with van der Waals surface area (Å²) in [5, 5.41) is 9.38. The molecule has 1 aliphatic rings. The molecule has 1 aromatic heterocycles. The highest BCUT2D eigenvalue weighted by Crippen LogP contribution is 2.22. The lowest BCUT2D eigenvalue weighted by Gasteiger charge is -2.07. The molecule has 0 unspecified atom stereocenters. The van der Waals surface area contributed by atoms with E-state index in [0.29, 0.717) is 28.9 Å². The molecule has 0 spiro atoms. The smallest absolute Gasteiger partial charge is 0.196 e. The van der Waals surface area contributed by atoms with E-state index in [-0.39, 0.29) is 11.2 Å². The fourth-order valence-corrected chi connectivity index (χ4v) is 2.38. The third-order valence-electron chi connectivity index (χ3n) is 3.63. The van der Waals surface area contributed by atoms with Crippen LogP contribution in [-0.4, -0.2) is 5.11 Å². The Morgan fingerprint density at radius 2 is 1.83 bits per heavy atom. The van der Waals surface area contributed by atoms with E-state index in [0.717, 1.165) is 5.57 Å². The Balaban J connectivity index is 2.13. The standard InChI is InChI=1S/C20H16O3/c1-14-5-3-2-4-6-17-19(12-7-14)23-13-18(20(17)22)15-8-10-16(21)11-9-15/h2-5,7-13,21H,1,6H2/b4-2-,5-3-,12-7-. The number of fused-ring (bicyclic) bond motifs is 1. The molecule has 3 rings (SSSR count). The van der Waals surface area contributed by atoms with Crippen molar-refractivity contribution in [2.45, 2.75) is 6.42 Å². The summed E-state index contributed by atoms with van der Waals surface area (Å²) in [6.45, 7) is 3.91. The van der Waals surface area contributed by atoms with Gasteiger partial charge in [-0.05, 0) is 35.8 Å². The molecule has 0 amide bonds. The van der Waals surface area contributed by atoms with E-state index < -0.39 is 0 Å². The van der Waals surface area contributed by atoms with E-state index >= 15 is 0 Å². The van der Waals surface area contributed by atoms with Crippen LogP contribution >= 0.6 is 0 Å². The first-order valence-corrected chi connectivity index (χ1v) is 7.29. The minimum absolute atomic E-state index is 0.0681. The molecule has 0 saturated carbocycles. The number of hydrogen-bond donors (Lipinski definition) is 1. The van der Waals surface area contributed by atoms with Crippen molar-refractivity contribution < 1.29 is 9.52 Å². The zero-order chi connectivity index (χ0) is 16.2. The van der Waals surface area contributed by atoms with Crippen molar-refractivity contribution in [3.05, 3.63) is 94.6 Å². The van der Waals surface area contributed by atoms with Crippen molar-refractivity contribution in [2.24, 2.45) is 0 Å². The number of allylic oxidation sites excluding steroid dienone is 6. The molecule has 0 aliphatic heterocycles. The van der Waals surface area contributed by atoms with Crippen LogP contribution in [0.25, 0.3) is 17.2 Å². The van der Waals surface area contributed by atoms with Gasteiger partial charge in [0.25, 0.3) is 0 Å². The minimum atomic E-state index is -0.0681. The van der Waals surface area contributed by atoms with Crippen LogP contribution in [0.1, 0.15) is 11.3 Å². The second kappa shape index (κ2) is 6.36. The molecular weight excluding hydrogens is 288 g/mol. The number of rotatable bonds is 1. The van der Waals surface area contributed by atoms with Crippen LogP contribution in [-0.2, 0) is 6.42 Å². The predicted octanol–water partition coefficient (Wildman–Crippen LogP) is 4.25. The predicted molar refractivity (Wildman–Crippen MR) is 92.2 cm³/mol. The average Bonchev–Trinajstić information content (AvgIpc) is 2.55. The molecule has 23 heavy (non-hydrogen) atoms. The van der Waals surface area contributed by atoms with E-state index in [1.807, 2.05) is 30.4 Å². The molecular formula is C20H16O3. The summed E-state index contributed by atoms with van der Waals surface area (Å²) < 4.78 is 5.68. The first-order valence-electron chi connectivity index (χ1n) is 7.29. The SMILES string of the molecule is C=C1/C=C\C=C/Cc2c(occ(-c3ccc(O)cc3)c2=O)/C=C\1. The Morgan fingerprint density at radius 3 is 2.61 bits per heavy atom. The molecule has 3 nitrogen and oxygen atoms in total. The van der Waals surface area contributed by atoms with Crippen LogP contribution < -0.4 is 5.43 Å². The summed E-state index contributed by atoms with van der Waals surface area (Å²) >= 11 is 0. The zero-order valence-electron chi connectivity index (χ0n) is 12.5. The molecule has 0 atom stereocenters. The lowest BCUT2D eigenvalue weighted by atomic mass is 10.0. The van der Waals surface area contributed by atoms with E-state index in [4.69, 9.17) is 4.42 Å². The quantitative estimate of drug-likeness (QED) is 0.857. The summed E-state index contributed by atoms with van der Waals surface area (Å²) in [4.78, 5) is 12.8. The summed E-state index contributed by atoms with van der Waals surface area (Å²) in [5.41, 5.74) is 2.56. The third kappa shape index (κ3) is 3.24. The van der Waals surface area contributed by atoms with Gasteiger partial charge in [-0.25, -0.2) is 0 Å². The second-order valence-corrected chi connectivity index (χ2v) is 5.27. The topological polar surface area (TPSA) is 50.4 Å². The largest absolute Gasteiger partial charge is 0.508 e. The van der Waals surface area contributed by atoms with Gasteiger partial charge < -0.3 is 9.52 Å². The van der Waals surface area contributed by atoms with Crippen molar-refractivity contribution in [2.75, 3.05) is 0 Å². The van der Waals surface area contributed by atoms with Crippen molar-refractivity contribution >= 4 is 6.08 Å². The Morgan fingerprint density at radius 1 is 1.04 bits per heavy atom. The average molecular weight is 304 g/mol. The molecule has 0 saturated heterocycles. The zero-order valence-corrected chi connectivity index (χ0v) is 12.5. The lowest BCUT2D eigenvalue weighted by Crippen LogP contribution is -2.12. The van der Waals surface area contributed by atoms with Gasteiger partial charge in [0.2, 0.25) is 0 Å². The van der Waals surface area contributed by atoms with Crippen LogP contribution in [0.5, 0.6) is 5.75 Å². The third-order valence-corrected chi connectivity index (χ3v) is 3.63. The summed E-state index contributed by atoms with van der Waals surface area (Å²) in [6.07, 6.45) is 13.1. The van der Waals surface area contributed by atoms with Gasteiger partial charge in [0.15, 0.2) is 5.43 Å². The Labute approximate surface area is 134 Å². The highest BCUT2D eigenvalue weighted by Gasteiger charge is 2.13. The maximum Gasteiger partial charge on any atom is 0.196 e. The summed E-state index contributed by atoms with van der Waals surface area (Å²) in [5.74, 6) is 0.701. The Hall–Kier alpha value is -3.07. The molecule has 1 heterocycles. The van der Waals surface area contributed by atoms with Crippen LogP contribution in [0.15, 0.2) is 82.3 Å². The highest BCUT2D eigenvalue weighted by atomic mass is 16.3. The normalized spacial score (nSPS) is 18.0. The fourth-order valence-electron chi connectivity index (χ4n) is 2.38. The van der Waals surface area contributed by atoms with Crippen LogP contribution in [0.2, 0.25) is 0 Å². The van der Waals surface area contributed by atoms with Gasteiger partial charge in [-0.2, -0.15) is 0 Å². The van der Waals surface area contributed by atoms with Crippen LogP contribution in [0.4, 0.5) is 0 Å². The van der Waals surface area contributed by atoms with E-state index in [1.165, 1.54) is 6.26 Å². The van der Waals surface area contributed by atoms with Gasteiger partial charge in [-0.1, -0.05) is 49.1 Å². The molecule has 0 radical (unpaired) electrons. The summed E-state index contributed by atoms with van der Waals surface area (Å²) in [7, 11) is 0. The molecule has 2 aromatic rings. The molecule has 0 fully saturated rings. The summed E-state index contributed by atoms with van der Waals surface area (Å²) in [6, 6.07) is 6.50. The molecule has 1 aromatic carbocycles. The van der Waals surface area contributed by atoms with Gasteiger partial charge in [0, 0.05) is 5.56 Å². The van der Waals surface area contributed by atoms with Gasteiger partial charge >= 0.3 is 0 Å². The number of benzene rings is 1. The fraction of sp³-hybridized carbons (Fsp3) is 0.0500. The molecule has 114 valence electrons. The molecule has 1 N–H and O–H groups in total. The van der Waals surface area contributed by atoms with Crippen molar-refractivity contribution in [1.82, 2.24) is 0 Å². The first kappa shape index (κ1) is 14.9. The van der Waals surface area contributed by atoms with Gasteiger partial charge in [0.1, 0.15) is 17.8 Å². The van der Waals surface area contributed by atoms with E-state index in [9.17, 15) is 9.90 Å². The maximum absolute atomic E-state index is 12.8. The highest BCUT2D eigenvalue weighted by molar-refractivity contribution is 5.65. The van der Waals surface area contributed by atoms with Crippen molar-refractivity contribution in [1.29, 1.82) is 0 Å².